The number of aromatic nitrogens is 2. The number of rotatable bonds is 8. The van der Waals surface area contributed by atoms with Gasteiger partial charge >= 0.3 is 6.09 Å². The van der Waals surface area contributed by atoms with Crippen LogP contribution in [0.2, 0.25) is 0 Å². The Hall–Kier alpha value is -3.50. The average molecular weight is 554 g/mol. The summed E-state index contributed by atoms with van der Waals surface area (Å²) < 4.78 is 49.1. The van der Waals surface area contributed by atoms with Gasteiger partial charge in [0.05, 0.1) is 6.04 Å². The van der Waals surface area contributed by atoms with Crippen molar-refractivity contribution in [1.82, 2.24) is 14.3 Å². The summed E-state index contributed by atoms with van der Waals surface area (Å²) in [7, 11) is -4.20. The molecule has 10 heteroatoms. The first-order valence-corrected chi connectivity index (χ1v) is 14.7. The topological polar surface area (TPSA) is 90.3 Å². The van der Waals surface area contributed by atoms with E-state index in [1.807, 2.05) is 47.4 Å². The van der Waals surface area contributed by atoms with Crippen LogP contribution in [0, 0.1) is 11.7 Å². The molecular weight excluding hydrogens is 525 g/mol. The van der Waals surface area contributed by atoms with Crippen LogP contribution in [0.15, 0.2) is 71.2 Å². The Kier molecular flexibility index (Phi) is 7.36. The zero-order valence-corrected chi connectivity index (χ0v) is 22.7. The van der Waals surface area contributed by atoms with Crippen LogP contribution in [-0.4, -0.2) is 24.1 Å². The van der Waals surface area contributed by atoms with Crippen LogP contribution >= 0.6 is 11.3 Å². The van der Waals surface area contributed by atoms with Crippen molar-refractivity contribution < 1.29 is 22.3 Å². The molecule has 1 aliphatic rings. The molecule has 3 heterocycles. The predicted octanol–water partition coefficient (Wildman–Crippen LogP) is 6.10. The van der Waals surface area contributed by atoms with E-state index in [0.29, 0.717) is 23.5 Å². The quantitative estimate of drug-likeness (QED) is 0.285. The maximum atomic E-state index is 13.3. The second-order valence-corrected chi connectivity index (χ2v) is 12.8. The van der Waals surface area contributed by atoms with Crippen LogP contribution in [0.3, 0.4) is 0 Å². The van der Waals surface area contributed by atoms with Gasteiger partial charge < -0.3 is 9.30 Å². The number of imidazole rings is 1. The van der Waals surface area contributed by atoms with Gasteiger partial charge in [0.2, 0.25) is 0 Å². The van der Waals surface area contributed by atoms with Crippen LogP contribution in [0.1, 0.15) is 48.1 Å². The molecule has 2 aromatic carbocycles. The Morgan fingerprint density at radius 2 is 1.92 bits per heavy atom. The van der Waals surface area contributed by atoms with Crippen molar-refractivity contribution >= 4 is 27.5 Å². The number of hydrogen-bond acceptors (Lipinski definition) is 6. The van der Waals surface area contributed by atoms with E-state index < -0.39 is 21.9 Å². The highest BCUT2D eigenvalue weighted by atomic mass is 32.2. The lowest BCUT2D eigenvalue weighted by Crippen LogP contribution is -2.30. The number of ether oxygens (including phenoxy) is 1. The van der Waals surface area contributed by atoms with Crippen molar-refractivity contribution in [3.8, 4) is 11.1 Å². The standard InChI is InChI=1S/C28H28FN3O4S2/c1-18(2)15-23-16-24(20-5-7-21(8-6-20)25-11-12-26-30-13-14-32(25)26)27(37-23)38(34,35)31-28(33)36-17-19-3-9-22(29)10-4-19/h3-10,13-14,16,18,25H,11-12,15,17H2,1-2H3,(H,31,33)/t25-/m1/s1. The van der Waals surface area contributed by atoms with E-state index in [0.717, 1.165) is 46.0 Å². The number of halogens is 1. The molecule has 0 radical (unpaired) electrons. The number of sulfonamides is 1. The lowest BCUT2D eigenvalue weighted by Gasteiger charge is -2.14. The van der Waals surface area contributed by atoms with Gasteiger partial charge in [0.15, 0.2) is 0 Å². The Morgan fingerprint density at radius 1 is 1.18 bits per heavy atom. The number of carbonyl (C=O) groups is 1. The average Bonchev–Trinajstić information content (AvgIpc) is 3.60. The summed E-state index contributed by atoms with van der Waals surface area (Å²) in [5.41, 5.74) is 2.98. The van der Waals surface area contributed by atoms with Crippen LogP contribution in [0.4, 0.5) is 9.18 Å². The van der Waals surface area contributed by atoms with Gasteiger partial charge in [-0.2, -0.15) is 0 Å². The SMILES string of the molecule is CC(C)Cc1cc(-c2ccc([C@H]3CCc4nccn43)cc2)c(S(=O)(=O)NC(=O)OCc2ccc(F)cc2)s1. The molecule has 0 aliphatic carbocycles. The fraction of sp³-hybridized carbons (Fsp3) is 0.286. The van der Waals surface area contributed by atoms with Gasteiger partial charge in [-0.25, -0.2) is 27.3 Å². The third-order valence-corrected chi connectivity index (χ3v) is 9.44. The van der Waals surface area contributed by atoms with Gasteiger partial charge in [0.1, 0.15) is 22.5 Å². The minimum Gasteiger partial charge on any atom is -0.444 e. The molecule has 5 rings (SSSR count). The first-order chi connectivity index (χ1) is 18.2. The number of amides is 1. The number of thiophene rings is 1. The van der Waals surface area contributed by atoms with Gasteiger partial charge in [0.25, 0.3) is 10.0 Å². The largest absolute Gasteiger partial charge is 0.444 e. The summed E-state index contributed by atoms with van der Waals surface area (Å²) in [5.74, 6) is 0.992. The molecule has 1 aliphatic heterocycles. The van der Waals surface area contributed by atoms with Crippen LogP contribution < -0.4 is 4.72 Å². The van der Waals surface area contributed by atoms with E-state index >= 15 is 0 Å². The van der Waals surface area contributed by atoms with Crippen LogP contribution in [0.5, 0.6) is 0 Å². The second kappa shape index (κ2) is 10.7. The lowest BCUT2D eigenvalue weighted by molar-refractivity contribution is 0.146. The molecule has 0 saturated carbocycles. The monoisotopic (exact) mass is 553 g/mol. The van der Waals surface area contributed by atoms with Crippen molar-refractivity contribution in [2.45, 2.75) is 50.0 Å². The van der Waals surface area contributed by atoms with E-state index in [1.165, 1.54) is 24.3 Å². The van der Waals surface area contributed by atoms with Crippen LogP contribution in [0.25, 0.3) is 11.1 Å². The number of fused-ring (bicyclic) bond motifs is 1. The number of nitrogens with one attached hydrogen (secondary N) is 1. The highest BCUT2D eigenvalue weighted by Gasteiger charge is 2.27. The van der Waals surface area contributed by atoms with Crippen molar-refractivity contribution in [3.63, 3.8) is 0 Å². The summed E-state index contributed by atoms with van der Waals surface area (Å²) in [4.78, 5) is 17.7. The first-order valence-electron chi connectivity index (χ1n) is 12.4. The smallest absolute Gasteiger partial charge is 0.421 e. The molecule has 1 N–H and O–H groups in total. The number of benzene rings is 2. The molecule has 2 aromatic heterocycles. The third kappa shape index (κ3) is 5.66. The molecule has 38 heavy (non-hydrogen) atoms. The van der Waals surface area contributed by atoms with E-state index in [9.17, 15) is 17.6 Å². The molecule has 198 valence electrons. The summed E-state index contributed by atoms with van der Waals surface area (Å²) in [5, 5.41) is 0. The molecule has 0 spiro atoms. The summed E-state index contributed by atoms with van der Waals surface area (Å²) in [6.07, 6.45) is 5.32. The van der Waals surface area contributed by atoms with Gasteiger partial charge in [-0.3, -0.25) is 0 Å². The first kappa shape index (κ1) is 26.1. The van der Waals surface area contributed by atoms with E-state index in [2.05, 4.69) is 23.4 Å². The van der Waals surface area contributed by atoms with E-state index in [4.69, 9.17) is 4.74 Å². The maximum absolute atomic E-state index is 13.3. The van der Waals surface area contributed by atoms with Gasteiger partial charge in [0, 0.05) is 29.3 Å². The molecule has 4 aromatic rings. The summed E-state index contributed by atoms with van der Waals surface area (Å²) in [6.45, 7) is 3.96. The number of aryl methyl sites for hydroxylation is 1. The highest BCUT2D eigenvalue weighted by molar-refractivity contribution is 7.92. The molecular formula is C28H28FN3O4S2. The van der Waals surface area contributed by atoms with Crippen LogP contribution in [-0.2, 0) is 34.2 Å². The van der Waals surface area contributed by atoms with Crippen molar-refractivity contribution in [3.05, 3.63) is 94.6 Å². The molecule has 0 unspecified atom stereocenters. The maximum Gasteiger partial charge on any atom is 0.421 e. The second-order valence-electron chi connectivity index (χ2n) is 9.75. The zero-order valence-electron chi connectivity index (χ0n) is 21.1. The third-order valence-electron chi connectivity index (χ3n) is 6.44. The minimum atomic E-state index is -4.20. The fourth-order valence-electron chi connectivity index (χ4n) is 4.68. The zero-order chi connectivity index (χ0) is 26.9. The number of nitrogens with zero attached hydrogens (tertiary/aromatic N) is 2. The Balaban J connectivity index is 1.37. The van der Waals surface area contributed by atoms with Gasteiger partial charge in [-0.05, 0) is 53.6 Å². The van der Waals surface area contributed by atoms with Crippen molar-refractivity contribution in [2.75, 3.05) is 0 Å². The van der Waals surface area contributed by atoms with E-state index in [-0.39, 0.29) is 16.9 Å². The molecule has 1 amide bonds. The normalized spacial score (nSPS) is 15.0. The summed E-state index contributed by atoms with van der Waals surface area (Å²) >= 11 is 1.16. The van der Waals surface area contributed by atoms with Gasteiger partial charge in [-0.15, -0.1) is 11.3 Å². The highest BCUT2D eigenvalue weighted by Crippen LogP contribution is 2.38. The molecule has 0 bridgehead atoms. The fourth-order valence-corrected chi connectivity index (χ4v) is 7.52. The van der Waals surface area contributed by atoms with Crippen molar-refractivity contribution in [2.24, 2.45) is 5.92 Å². The number of carbonyl (C=O) groups excluding carboxylic acids is 1. The Morgan fingerprint density at radius 3 is 2.63 bits per heavy atom. The molecule has 0 saturated heterocycles. The van der Waals surface area contributed by atoms with Gasteiger partial charge in [-0.1, -0.05) is 50.2 Å². The predicted molar refractivity (Wildman–Crippen MR) is 144 cm³/mol. The molecule has 1 atom stereocenters. The van der Waals surface area contributed by atoms with E-state index in [1.54, 1.807) is 0 Å². The Labute approximate surface area is 225 Å². The molecule has 7 nitrogen and oxygen atoms in total. The summed E-state index contributed by atoms with van der Waals surface area (Å²) in [6, 6.07) is 15.4. The lowest BCUT2D eigenvalue weighted by atomic mass is 10.0. The molecule has 0 fully saturated rings. The Bertz CT molecular complexity index is 1540. The number of hydrogen-bond donors (Lipinski definition) is 1. The minimum absolute atomic E-state index is 0.0670. The van der Waals surface area contributed by atoms with Crippen molar-refractivity contribution in [1.29, 1.82) is 0 Å².